The van der Waals surface area contributed by atoms with Crippen LogP contribution in [0.1, 0.15) is 35.9 Å². The molecule has 1 atom stereocenters. The molecule has 4 rings (SSSR count). The van der Waals surface area contributed by atoms with Gasteiger partial charge in [-0.25, -0.2) is 0 Å². The first-order chi connectivity index (χ1) is 13.7. The summed E-state index contributed by atoms with van der Waals surface area (Å²) in [5.41, 5.74) is 0.575. The Balaban J connectivity index is 1.34. The highest BCUT2D eigenvalue weighted by Gasteiger charge is 2.30. The SMILES string of the molecule is N#Cc1ccc(OCC(O)CSc2nnc(C3CC3)n2Cc2ccco2)cc1. The van der Waals surface area contributed by atoms with Gasteiger partial charge in [-0.05, 0) is 49.2 Å². The molecule has 2 heterocycles. The third-order valence-electron chi connectivity index (χ3n) is 4.41. The molecule has 0 saturated heterocycles. The topological polar surface area (TPSA) is 97.1 Å². The Morgan fingerprint density at radius 1 is 1.29 bits per heavy atom. The van der Waals surface area contributed by atoms with E-state index in [1.807, 2.05) is 12.1 Å². The minimum atomic E-state index is -0.654. The fourth-order valence-electron chi connectivity index (χ4n) is 2.79. The van der Waals surface area contributed by atoms with Gasteiger partial charge in [0.1, 0.15) is 23.9 Å². The summed E-state index contributed by atoms with van der Waals surface area (Å²) in [6.07, 6.45) is 3.29. The number of aliphatic hydroxyl groups is 1. The predicted molar refractivity (Wildman–Crippen MR) is 103 cm³/mol. The van der Waals surface area contributed by atoms with E-state index in [9.17, 15) is 5.11 Å². The Kier molecular flexibility index (Phi) is 5.65. The standard InChI is InChI=1S/C20H20N4O3S/c21-10-14-3-7-17(8-4-14)27-12-16(25)13-28-20-23-22-19(15-5-6-15)24(20)11-18-2-1-9-26-18/h1-4,7-9,15-16,25H,5-6,11-13H2. The molecule has 1 saturated carbocycles. The first-order valence-corrected chi connectivity index (χ1v) is 10.1. The Labute approximate surface area is 167 Å². The predicted octanol–water partition coefficient (Wildman–Crippen LogP) is 3.20. The van der Waals surface area contributed by atoms with E-state index in [0.717, 1.165) is 29.6 Å². The minimum Gasteiger partial charge on any atom is -0.491 e. The summed E-state index contributed by atoms with van der Waals surface area (Å²) >= 11 is 1.46. The van der Waals surface area contributed by atoms with Gasteiger partial charge >= 0.3 is 0 Å². The molecule has 0 aliphatic heterocycles. The van der Waals surface area contributed by atoms with Crippen LogP contribution in [0, 0.1) is 11.3 Å². The first kappa shape index (κ1) is 18.6. The van der Waals surface area contributed by atoms with Crippen LogP contribution in [0.3, 0.4) is 0 Å². The monoisotopic (exact) mass is 396 g/mol. The number of thioether (sulfide) groups is 1. The van der Waals surface area contributed by atoms with E-state index in [1.54, 1.807) is 30.5 Å². The molecule has 1 unspecified atom stereocenters. The van der Waals surface area contributed by atoms with Crippen molar-refractivity contribution < 1.29 is 14.3 Å². The lowest BCUT2D eigenvalue weighted by Gasteiger charge is -2.13. The van der Waals surface area contributed by atoms with Gasteiger partial charge in [0.05, 0.1) is 30.5 Å². The van der Waals surface area contributed by atoms with Crippen LogP contribution in [0.4, 0.5) is 0 Å². The van der Waals surface area contributed by atoms with Crippen LogP contribution in [0.5, 0.6) is 5.75 Å². The summed E-state index contributed by atoms with van der Waals surface area (Å²) in [6, 6.07) is 12.7. The largest absolute Gasteiger partial charge is 0.491 e. The molecular weight excluding hydrogens is 376 g/mol. The van der Waals surface area contributed by atoms with Gasteiger partial charge < -0.3 is 14.3 Å². The number of aromatic nitrogens is 3. The molecule has 144 valence electrons. The summed E-state index contributed by atoms with van der Waals surface area (Å²) in [4.78, 5) is 0. The molecule has 3 aromatic rings. The maximum absolute atomic E-state index is 10.3. The Morgan fingerprint density at radius 2 is 2.11 bits per heavy atom. The number of nitrogens with zero attached hydrogens (tertiary/aromatic N) is 4. The van der Waals surface area contributed by atoms with Crippen molar-refractivity contribution in [2.75, 3.05) is 12.4 Å². The molecule has 0 spiro atoms. The van der Waals surface area contributed by atoms with Crippen LogP contribution < -0.4 is 4.74 Å². The van der Waals surface area contributed by atoms with Gasteiger partial charge in [0.25, 0.3) is 0 Å². The number of rotatable bonds is 9. The van der Waals surface area contributed by atoms with Crippen molar-refractivity contribution in [2.45, 2.75) is 36.6 Å². The van der Waals surface area contributed by atoms with Crippen molar-refractivity contribution in [2.24, 2.45) is 0 Å². The number of benzene rings is 1. The zero-order chi connectivity index (χ0) is 19.3. The summed E-state index contributed by atoms with van der Waals surface area (Å²) in [5.74, 6) is 3.38. The van der Waals surface area contributed by atoms with Crippen LogP contribution in [0.15, 0.2) is 52.2 Å². The lowest BCUT2D eigenvalue weighted by Crippen LogP contribution is -2.20. The lowest BCUT2D eigenvalue weighted by atomic mass is 10.2. The van der Waals surface area contributed by atoms with Crippen LogP contribution in [0.2, 0.25) is 0 Å². The van der Waals surface area contributed by atoms with Crippen molar-refractivity contribution in [3.8, 4) is 11.8 Å². The zero-order valence-electron chi connectivity index (χ0n) is 15.2. The van der Waals surface area contributed by atoms with Crippen LogP contribution >= 0.6 is 11.8 Å². The third-order valence-corrected chi connectivity index (χ3v) is 5.52. The molecule has 0 radical (unpaired) electrons. The van der Waals surface area contributed by atoms with Crippen LogP contribution in [-0.4, -0.2) is 38.3 Å². The van der Waals surface area contributed by atoms with Gasteiger partial charge in [0.15, 0.2) is 5.16 Å². The fraction of sp³-hybridized carbons (Fsp3) is 0.350. The molecule has 1 aromatic carbocycles. The lowest BCUT2D eigenvalue weighted by molar-refractivity contribution is 0.126. The summed E-state index contributed by atoms with van der Waals surface area (Å²) < 4.78 is 13.1. The number of hydrogen-bond acceptors (Lipinski definition) is 7. The highest BCUT2D eigenvalue weighted by atomic mass is 32.2. The van der Waals surface area contributed by atoms with Crippen molar-refractivity contribution in [3.05, 3.63) is 59.8 Å². The molecule has 0 bridgehead atoms. The molecule has 1 aliphatic rings. The highest BCUT2D eigenvalue weighted by molar-refractivity contribution is 7.99. The van der Waals surface area contributed by atoms with E-state index < -0.39 is 6.10 Å². The second-order valence-electron chi connectivity index (χ2n) is 6.69. The average molecular weight is 396 g/mol. The smallest absolute Gasteiger partial charge is 0.191 e. The number of aliphatic hydroxyl groups excluding tert-OH is 1. The van der Waals surface area contributed by atoms with Crippen molar-refractivity contribution in [3.63, 3.8) is 0 Å². The van der Waals surface area contributed by atoms with Crippen molar-refractivity contribution in [1.82, 2.24) is 14.8 Å². The van der Waals surface area contributed by atoms with E-state index in [2.05, 4.69) is 20.8 Å². The van der Waals surface area contributed by atoms with Crippen molar-refractivity contribution >= 4 is 11.8 Å². The Bertz CT molecular complexity index is 943. The van der Waals surface area contributed by atoms with Crippen molar-refractivity contribution in [1.29, 1.82) is 5.26 Å². The molecule has 1 N–H and O–H groups in total. The van der Waals surface area contributed by atoms with E-state index in [1.165, 1.54) is 11.8 Å². The van der Waals surface area contributed by atoms with Gasteiger partial charge in [-0.2, -0.15) is 5.26 Å². The summed E-state index contributed by atoms with van der Waals surface area (Å²) in [5, 5.41) is 28.5. The van der Waals surface area contributed by atoms with E-state index >= 15 is 0 Å². The molecule has 28 heavy (non-hydrogen) atoms. The summed E-state index contributed by atoms with van der Waals surface area (Å²) in [7, 11) is 0. The molecule has 1 aliphatic carbocycles. The molecule has 0 amide bonds. The normalized spacial score (nSPS) is 14.6. The second-order valence-corrected chi connectivity index (χ2v) is 7.68. The molecule has 7 nitrogen and oxygen atoms in total. The number of ether oxygens (including phenoxy) is 1. The molecule has 1 fully saturated rings. The maximum atomic E-state index is 10.3. The van der Waals surface area contributed by atoms with E-state index in [4.69, 9.17) is 14.4 Å². The first-order valence-electron chi connectivity index (χ1n) is 9.12. The number of furan rings is 1. The van der Waals surface area contributed by atoms with Gasteiger partial charge in [0.2, 0.25) is 0 Å². The highest BCUT2D eigenvalue weighted by Crippen LogP contribution is 2.40. The average Bonchev–Trinajstić information content (AvgIpc) is 3.29. The molecular formula is C20H20N4O3S. The molecule has 8 heteroatoms. The number of nitriles is 1. The quantitative estimate of drug-likeness (QED) is 0.555. The fourth-order valence-corrected chi connectivity index (χ4v) is 3.64. The summed E-state index contributed by atoms with van der Waals surface area (Å²) in [6.45, 7) is 0.757. The maximum Gasteiger partial charge on any atom is 0.191 e. The Morgan fingerprint density at radius 3 is 2.79 bits per heavy atom. The van der Waals surface area contributed by atoms with Crippen LogP contribution in [0.25, 0.3) is 0 Å². The zero-order valence-corrected chi connectivity index (χ0v) is 16.0. The van der Waals surface area contributed by atoms with Gasteiger partial charge in [-0.3, -0.25) is 4.57 Å². The number of hydrogen-bond donors (Lipinski definition) is 1. The molecule has 2 aromatic heterocycles. The minimum absolute atomic E-state index is 0.167. The van der Waals surface area contributed by atoms with Gasteiger partial charge in [-0.1, -0.05) is 11.8 Å². The van der Waals surface area contributed by atoms with E-state index in [0.29, 0.717) is 29.5 Å². The second kappa shape index (κ2) is 8.50. The van der Waals surface area contributed by atoms with E-state index in [-0.39, 0.29) is 6.61 Å². The van der Waals surface area contributed by atoms with Gasteiger partial charge in [0, 0.05) is 11.7 Å². The Hall–Kier alpha value is -2.76. The van der Waals surface area contributed by atoms with Crippen LogP contribution in [-0.2, 0) is 6.54 Å². The third kappa shape index (κ3) is 4.55. The van der Waals surface area contributed by atoms with Gasteiger partial charge in [-0.15, -0.1) is 10.2 Å².